The molecular formula is C23H32O2. The Kier molecular flexibility index (Phi) is 6.42. The summed E-state index contributed by atoms with van der Waals surface area (Å²) >= 11 is 0. The van der Waals surface area contributed by atoms with E-state index in [0.29, 0.717) is 19.8 Å². The van der Waals surface area contributed by atoms with Crippen LogP contribution in [-0.2, 0) is 21.5 Å². The summed E-state index contributed by atoms with van der Waals surface area (Å²) in [6.45, 7) is 14.7. The smallest absolute Gasteiger partial charge is 0.0718 e. The number of benzene rings is 2. The van der Waals surface area contributed by atoms with Crippen LogP contribution in [0.4, 0.5) is 0 Å². The molecule has 0 aliphatic heterocycles. The van der Waals surface area contributed by atoms with Gasteiger partial charge in [0, 0.05) is 0 Å². The molecule has 0 heterocycles. The summed E-state index contributed by atoms with van der Waals surface area (Å²) in [5.41, 5.74) is 5.09. The molecule has 0 fully saturated rings. The Hall–Kier alpha value is -1.64. The van der Waals surface area contributed by atoms with Crippen LogP contribution in [0.5, 0.6) is 0 Å². The van der Waals surface area contributed by atoms with Gasteiger partial charge in [0.25, 0.3) is 0 Å². The quantitative estimate of drug-likeness (QED) is 0.602. The van der Waals surface area contributed by atoms with Gasteiger partial charge in [-0.1, -0.05) is 63.2 Å². The average molecular weight is 341 g/mol. The monoisotopic (exact) mass is 340 g/mol. The highest BCUT2D eigenvalue weighted by atomic mass is 16.5. The van der Waals surface area contributed by atoms with Crippen molar-refractivity contribution in [3.05, 3.63) is 59.7 Å². The van der Waals surface area contributed by atoms with Crippen molar-refractivity contribution < 1.29 is 9.47 Å². The summed E-state index contributed by atoms with van der Waals surface area (Å²) in [5, 5.41) is 0. The third-order valence-corrected chi connectivity index (χ3v) is 4.04. The first-order valence-electron chi connectivity index (χ1n) is 9.07. The van der Waals surface area contributed by atoms with Crippen molar-refractivity contribution >= 4 is 0 Å². The normalized spacial score (nSPS) is 12.4. The molecule has 0 saturated heterocycles. The van der Waals surface area contributed by atoms with Crippen LogP contribution in [0.1, 0.15) is 52.7 Å². The SMILES string of the molecule is CC(C)(C)OCCOCc1cccc(-c2ccc(C(C)(C)C)cc2)c1. The fraction of sp³-hybridized carbons (Fsp3) is 0.478. The molecule has 0 aromatic heterocycles. The van der Waals surface area contributed by atoms with Crippen molar-refractivity contribution in [3.63, 3.8) is 0 Å². The maximum absolute atomic E-state index is 5.74. The van der Waals surface area contributed by atoms with Gasteiger partial charge in [0.1, 0.15) is 0 Å². The minimum absolute atomic E-state index is 0.109. The van der Waals surface area contributed by atoms with Gasteiger partial charge >= 0.3 is 0 Å². The summed E-state index contributed by atoms with van der Waals surface area (Å²) in [6, 6.07) is 17.4. The molecule has 0 spiro atoms. The highest BCUT2D eigenvalue weighted by Crippen LogP contribution is 2.26. The summed E-state index contributed by atoms with van der Waals surface area (Å²) in [4.78, 5) is 0. The van der Waals surface area contributed by atoms with Gasteiger partial charge in [0.05, 0.1) is 25.4 Å². The van der Waals surface area contributed by atoms with Crippen LogP contribution in [0.3, 0.4) is 0 Å². The highest BCUT2D eigenvalue weighted by molar-refractivity contribution is 5.64. The van der Waals surface area contributed by atoms with Crippen molar-refractivity contribution in [3.8, 4) is 11.1 Å². The first kappa shape index (κ1) is 19.7. The molecule has 2 aromatic carbocycles. The first-order chi connectivity index (χ1) is 11.6. The molecule has 2 heteroatoms. The summed E-state index contributed by atoms with van der Waals surface area (Å²) in [5.74, 6) is 0. The fourth-order valence-corrected chi connectivity index (χ4v) is 2.60. The molecule has 0 unspecified atom stereocenters. The van der Waals surface area contributed by atoms with Crippen LogP contribution in [0.15, 0.2) is 48.5 Å². The predicted octanol–water partition coefficient (Wildman–Crippen LogP) is 5.98. The van der Waals surface area contributed by atoms with Crippen molar-refractivity contribution in [2.45, 2.75) is 59.2 Å². The zero-order valence-electron chi connectivity index (χ0n) is 16.6. The van der Waals surface area contributed by atoms with Gasteiger partial charge in [-0.3, -0.25) is 0 Å². The van der Waals surface area contributed by atoms with E-state index in [2.05, 4.69) is 90.1 Å². The summed E-state index contributed by atoms with van der Waals surface area (Å²) < 4.78 is 11.4. The Morgan fingerprint density at radius 3 is 2.04 bits per heavy atom. The molecular weight excluding hydrogens is 308 g/mol. The van der Waals surface area contributed by atoms with Crippen molar-refractivity contribution in [1.29, 1.82) is 0 Å². The molecule has 0 aliphatic carbocycles. The molecule has 2 nitrogen and oxygen atoms in total. The number of hydrogen-bond acceptors (Lipinski definition) is 2. The van der Waals surface area contributed by atoms with Gasteiger partial charge in [-0.25, -0.2) is 0 Å². The largest absolute Gasteiger partial charge is 0.374 e. The lowest BCUT2D eigenvalue weighted by atomic mass is 9.86. The Morgan fingerprint density at radius 1 is 0.760 bits per heavy atom. The lowest BCUT2D eigenvalue weighted by molar-refractivity contribution is -0.0376. The van der Waals surface area contributed by atoms with Crippen LogP contribution in [0, 0.1) is 0 Å². The molecule has 2 rings (SSSR count). The van der Waals surface area contributed by atoms with Gasteiger partial charge in [0.2, 0.25) is 0 Å². The summed E-state index contributed by atoms with van der Waals surface area (Å²) in [6.07, 6.45) is 0. The molecule has 25 heavy (non-hydrogen) atoms. The Morgan fingerprint density at radius 2 is 1.44 bits per heavy atom. The third-order valence-electron chi connectivity index (χ3n) is 4.04. The zero-order chi connectivity index (χ0) is 18.5. The molecule has 136 valence electrons. The van der Waals surface area contributed by atoms with Crippen LogP contribution < -0.4 is 0 Å². The predicted molar refractivity (Wildman–Crippen MR) is 106 cm³/mol. The van der Waals surface area contributed by atoms with E-state index in [9.17, 15) is 0 Å². The van der Waals surface area contributed by atoms with E-state index in [1.807, 2.05) is 0 Å². The molecule has 0 radical (unpaired) electrons. The molecule has 0 aliphatic rings. The number of rotatable bonds is 6. The van der Waals surface area contributed by atoms with Gasteiger partial charge in [-0.05, 0) is 54.5 Å². The molecule has 0 saturated carbocycles. The molecule has 0 atom stereocenters. The van der Waals surface area contributed by atoms with Gasteiger partial charge in [-0.2, -0.15) is 0 Å². The maximum atomic E-state index is 5.74. The van der Waals surface area contributed by atoms with Crippen LogP contribution >= 0.6 is 0 Å². The third kappa shape index (κ3) is 6.64. The van der Waals surface area contributed by atoms with E-state index in [4.69, 9.17) is 9.47 Å². The summed E-state index contributed by atoms with van der Waals surface area (Å²) in [7, 11) is 0. The van der Waals surface area contributed by atoms with E-state index in [1.165, 1.54) is 22.3 Å². The van der Waals surface area contributed by atoms with E-state index < -0.39 is 0 Å². The van der Waals surface area contributed by atoms with E-state index >= 15 is 0 Å². The van der Waals surface area contributed by atoms with E-state index in [1.54, 1.807) is 0 Å². The minimum atomic E-state index is -0.109. The van der Waals surface area contributed by atoms with Crippen LogP contribution in [0.25, 0.3) is 11.1 Å². The van der Waals surface area contributed by atoms with Gasteiger partial charge < -0.3 is 9.47 Å². The zero-order valence-corrected chi connectivity index (χ0v) is 16.6. The lowest BCUT2D eigenvalue weighted by Crippen LogP contribution is -2.21. The topological polar surface area (TPSA) is 18.5 Å². The van der Waals surface area contributed by atoms with Crippen molar-refractivity contribution in [2.24, 2.45) is 0 Å². The van der Waals surface area contributed by atoms with E-state index in [-0.39, 0.29) is 11.0 Å². The Balaban J connectivity index is 1.94. The second-order valence-electron chi connectivity index (χ2n) is 8.54. The standard InChI is InChI=1S/C23H32O2/c1-22(2,3)21-12-10-19(11-13-21)20-9-7-8-18(16-20)17-24-14-15-25-23(4,5)6/h7-13,16H,14-15,17H2,1-6H3. The highest BCUT2D eigenvalue weighted by Gasteiger charge is 2.13. The number of hydrogen-bond donors (Lipinski definition) is 0. The van der Waals surface area contributed by atoms with Crippen LogP contribution in [0.2, 0.25) is 0 Å². The maximum Gasteiger partial charge on any atom is 0.0718 e. The van der Waals surface area contributed by atoms with E-state index in [0.717, 1.165) is 0 Å². The molecule has 2 aromatic rings. The van der Waals surface area contributed by atoms with Gasteiger partial charge in [-0.15, -0.1) is 0 Å². The van der Waals surface area contributed by atoms with Crippen molar-refractivity contribution in [2.75, 3.05) is 13.2 Å². The van der Waals surface area contributed by atoms with Crippen molar-refractivity contribution in [1.82, 2.24) is 0 Å². The second kappa shape index (κ2) is 8.16. The molecule has 0 N–H and O–H groups in total. The first-order valence-corrected chi connectivity index (χ1v) is 9.07. The van der Waals surface area contributed by atoms with Gasteiger partial charge in [0.15, 0.2) is 0 Å². The Bertz CT molecular complexity index is 658. The molecule has 0 bridgehead atoms. The molecule has 0 amide bonds. The fourth-order valence-electron chi connectivity index (χ4n) is 2.60. The Labute approximate surface area is 153 Å². The second-order valence-corrected chi connectivity index (χ2v) is 8.54. The lowest BCUT2D eigenvalue weighted by Gasteiger charge is -2.19. The average Bonchev–Trinajstić information content (AvgIpc) is 2.53. The van der Waals surface area contributed by atoms with Crippen LogP contribution in [-0.4, -0.2) is 18.8 Å². The number of ether oxygens (including phenoxy) is 2. The minimum Gasteiger partial charge on any atom is -0.374 e.